The van der Waals surface area contributed by atoms with E-state index in [1.165, 1.54) is 19.4 Å². The van der Waals surface area contributed by atoms with Crippen LogP contribution in [0.2, 0.25) is 0 Å². The van der Waals surface area contributed by atoms with E-state index in [4.69, 9.17) is 12.2 Å². The van der Waals surface area contributed by atoms with Crippen LogP contribution in [0.1, 0.15) is 20.8 Å². The summed E-state index contributed by atoms with van der Waals surface area (Å²) < 4.78 is 0.724. The summed E-state index contributed by atoms with van der Waals surface area (Å²) in [6.45, 7) is 6.00. The second-order valence-corrected chi connectivity index (χ2v) is 5.04. The van der Waals surface area contributed by atoms with Crippen molar-refractivity contribution in [2.24, 2.45) is 5.92 Å². The number of thioether (sulfide) groups is 1. The minimum atomic E-state index is 0.0358. The van der Waals surface area contributed by atoms with E-state index in [9.17, 15) is 5.11 Å². The van der Waals surface area contributed by atoms with Gasteiger partial charge in [-0.25, -0.2) is 0 Å². The summed E-state index contributed by atoms with van der Waals surface area (Å²) in [5.74, 6) is 1.45. The predicted octanol–water partition coefficient (Wildman–Crippen LogP) is 2.25. The summed E-state index contributed by atoms with van der Waals surface area (Å²) >= 11 is 8.20. The van der Waals surface area contributed by atoms with Gasteiger partial charge in [0.1, 0.15) is 4.32 Å². The topological polar surface area (TPSA) is 26.3 Å². The Morgan fingerprint density at radius 2 is 2.27 bits per heavy atom. The van der Waals surface area contributed by atoms with Crippen LogP contribution in [0.4, 0.5) is 0 Å². The summed E-state index contributed by atoms with van der Waals surface area (Å²) in [5.41, 5.74) is 0. The van der Waals surface area contributed by atoms with Crippen LogP contribution in [0.5, 0.6) is 0 Å². The van der Waals surface area contributed by atoms with E-state index in [1.807, 2.05) is 0 Å². The van der Waals surface area contributed by atoms with Gasteiger partial charge in [0.2, 0.25) is 0 Å². The zero-order chi connectivity index (χ0) is 12.0. The Balaban J connectivity index is 0.000000921. The predicted molar refractivity (Wildman–Crippen MR) is 65.1 cm³/mol. The number of nitrogens with zero attached hydrogens (tertiary/aromatic N) is 1. The molecule has 1 saturated heterocycles. The molecule has 0 radical (unpaired) electrons. The van der Waals surface area contributed by atoms with Crippen LogP contribution in [0.15, 0.2) is 12.0 Å². The first kappa shape index (κ1) is 15.8. The normalized spacial score (nSPS) is 21.6. The molecule has 1 aliphatic rings. The van der Waals surface area contributed by atoms with Crippen molar-refractivity contribution < 1.29 is 24.5 Å². The van der Waals surface area contributed by atoms with E-state index in [-0.39, 0.29) is 11.9 Å². The summed E-state index contributed by atoms with van der Waals surface area (Å²) in [5, 5.41) is 11.5. The van der Waals surface area contributed by atoms with Gasteiger partial charge in [0.25, 0.3) is 0 Å². The maximum absolute atomic E-state index is 11.5. The Morgan fingerprint density at radius 3 is 2.67 bits per heavy atom. The van der Waals surface area contributed by atoms with Crippen LogP contribution in [-0.4, -0.2) is 21.0 Å². The molecule has 0 aliphatic carbocycles. The molecule has 15 heavy (non-hydrogen) atoms. The third-order valence-electron chi connectivity index (χ3n) is 2.16. The van der Waals surface area contributed by atoms with Crippen molar-refractivity contribution in [3.63, 3.8) is 0 Å². The van der Waals surface area contributed by atoms with Crippen LogP contribution in [0.3, 0.4) is 0 Å². The molecule has 0 aromatic rings. The molecule has 0 N–H and O–H groups in total. The fourth-order valence-corrected chi connectivity index (χ4v) is 2.96. The minimum absolute atomic E-state index is 0.0358. The SMILES string of the molecule is C/C=C(\[O-])N1C(=S)SC[C@@H]1C(C)C.[Cl][Ti+]. The molecule has 0 spiro atoms. The Hall–Kier alpha value is 0.784. The molecule has 84 valence electrons. The third-order valence-corrected chi connectivity index (χ3v) is 3.66. The first-order chi connectivity index (χ1) is 7.07. The van der Waals surface area contributed by atoms with E-state index in [1.54, 1.807) is 29.7 Å². The van der Waals surface area contributed by atoms with Crippen LogP contribution in [-0.2, 0) is 19.4 Å². The van der Waals surface area contributed by atoms with Crippen molar-refractivity contribution in [1.82, 2.24) is 4.90 Å². The van der Waals surface area contributed by atoms with Crippen molar-refractivity contribution in [3.8, 4) is 0 Å². The van der Waals surface area contributed by atoms with Crippen LogP contribution in [0, 0.1) is 5.92 Å². The fourth-order valence-electron chi connectivity index (χ4n) is 1.32. The summed E-state index contributed by atoms with van der Waals surface area (Å²) in [6.07, 6.45) is 1.58. The van der Waals surface area contributed by atoms with Gasteiger partial charge in [-0.2, -0.15) is 0 Å². The van der Waals surface area contributed by atoms with E-state index >= 15 is 0 Å². The van der Waals surface area contributed by atoms with Gasteiger partial charge in [0.15, 0.2) is 0 Å². The molecule has 0 unspecified atom stereocenters. The molecule has 6 heteroatoms. The van der Waals surface area contributed by atoms with Gasteiger partial charge < -0.3 is 10.0 Å². The number of hydrogen-bond acceptors (Lipinski definition) is 3. The Kier molecular flexibility index (Phi) is 8.38. The Labute approximate surface area is 117 Å². The van der Waals surface area contributed by atoms with Gasteiger partial charge in [-0.15, -0.1) is 0 Å². The Morgan fingerprint density at radius 1 is 1.73 bits per heavy atom. The molecule has 1 aliphatic heterocycles. The van der Waals surface area contributed by atoms with Gasteiger partial charge in [0.05, 0.1) is 0 Å². The standard InChI is InChI=1S/C9H15NOS2.ClH.Ti/c1-4-8(11)10-7(6(2)3)5-13-9(10)12;;/h4,6-7,11H,5H2,1-3H3;1H;/q;;+2/p-2/b8-4-;;/t7-;;/m1../s1. The van der Waals surface area contributed by atoms with E-state index in [2.05, 4.69) is 23.2 Å². The van der Waals surface area contributed by atoms with Crippen molar-refractivity contribution in [1.29, 1.82) is 0 Å². The second-order valence-electron chi connectivity index (χ2n) is 3.39. The summed E-state index contributed by atoms with van der Waals surface area (Å²) in [4.78, 5) is 1.74. The molecule has 1 heterocycles. The molecular formula is C9H14ClNOS2Ti. The van der Waals surface area contributed by atoms with Crippen molar-refractivity contribution in [3.05, 3.63) is 12.0 Å². The zero-order valence-electron chi connectivity index (χ0n) is 8.99. The third kappa shape index (κ3) is 4.27. The molecule has 0 aromatic carbocycles. The number of rotatable bonds is 2. The van der Waals surface area contributed by atoms with Crippen molar-refractivity contribution >= 4 is 37.6 Å². The van der Waals surface area contributed by atoms with E-state index in [0.717, 1.165) is 10.1 Å². The molecule has 1 rings (SSSR count). The molecule has 1 fully saturated rings. The molecule has 0 amide bonds. The Bertz CT molecular complexity index is 248. The second kappa shape index (κ2) is 7.96. The first-order valence-corrected chi connectivity index (χ1v) is 8.10. The molecular weight excluding hydrogens is 286 g/mol. The maximum atomic E-state index is 11.5. The van der Waals surface area contributed by atoms with Gasteiger partial charge in [-0.3, -0.25) is 0 Å². The number of halogens is 1. The molecule has 0 aromatic heterocycles. The van der Waals surface area contributed by atoms with Crippen molar-refractivity contribution in [2.45, 2.75) is 26.8 Å². The van der Waals surface area contributed by atoms with E-state index in [0.29, 0.717) is 5.92 Å². The molecule has 1 atom stereocenters. The number of thiocarbonyl (C=S) groups is 1. The van der Waals surface area contributed by atoms with Gasteiger partial charge in [0, 0.05) is 11.8 Å². The van der Waals surface area contributed by atoms with Gasteiger partial charge in [-0.05, 0) is 18.7 Å². The average molecular weight is 300 g/mol. The molecule has 0 saturated carbocycles. The van der Waals surface area contributed by atoms with Crippen molar-refractivity contribution in [2.75, 3.05) is 5.75 Å². The first-order valence-electron chi connectivity index (χ1n) is 4.56. The summed E-state index contributed by atoms with van der Waals surface area (Å²) in [6, 6.07) is 0.279. The molecule has 2 nitrogen and oxygen atoms in total. The van der Waals surface area contributed by atoms with Crippen LogP contribution >= 0.6 is 33.3 Å². The van der Waals surface area contributed by atoms with E-state index < -0.39 is 0 Å². The van der Waals surface area contributed by atoms with Gasteiger partial charge >= 0.3 is 28.7 Å². The fraction of sp³-hybridized carbons (Fsp3) is 0.667. The zero-order valence-corrected chi connectivity index (χ0v) is 12.9. The van der Waals surface area contributed by atoms with Gasteiger partial charge in [-0.1, -0.05) is 43.9 Å². The quantitative estimate of drug-likeness (QED) is 0.444. The molecule has 0 bridgehead atoms. The number of hydrogen-bond donors (Lipinski definition) is 0. The van der Waals surface area contributed by atoms with Crippen LogP contribution < -0.4 is 5.11 Å². The average Bonchev–Trinajstić information content (AvgIpc) is 2.62. The monoisotopic (exact) mass is 299 g/mol. The summed E-state index contributed by atoms with van der Waals surface area (Å²) in [7, 11) is 4.64. The number of allylic oxidation sites excluding steroid dienone is 1. The van der Waals surface area contributed by atoms with Crippen LogP contribution in [0.25, 0.3) is 0 Å².